The highest BCUT2D eigenvalue weighted by Crippen LogP contribution is 2.14. The van der Waals surface area contributed by atoms with Gasteiger partial charge in [0.1, 0.15) is 0 Å². The third-order valence-corrected chi connectivity index (χ3v) is 4.11. The van der Waals surface area contributed by atoms with E-state index in [0.717, 1.165) is 18.0 Å². The van der Waals surface area contributed by atoms with Gasteiger partial charge in [-0.2, -0.15) is 0 Å². The molecule has 1 atom stereocenters. The molecule has 1 aliphatic rings. The molecule has 0 spiro atoms. The number of hydrogen-bond acceptors (Lipinski definition) is 2. The molecule has 0 aromatic carbocycles. The van der Waals surface area contributed by atoms with E-state index in [1.54, 1.807) is 0 Å². The summed E-state index contributed by atoms with van der Waals surface area (Å²) in [5.74, 6) is 0.892. The zero-order valence-corrected chi connectivity index (χ0v) is 12.3. The fourth-order valence-electron chi connectivity index (χ4n) is 2.79. The zero-order valence-electron chi connectivity index (χ0n) is 12.3. The van der Waals surface area contributed by atoms with E-state index < -0.39 is 0 Å². The van der Waals surface area contributed by atoms with Crippen LogP contribution >= 0.6 is 0 Å². The summed E-state index contributed by atoms with van der Waals surface area (Å²) < 4.78 is 0. The first kappa shape index (κ1) is 15.0. The molecule has 1 N–H and O–H groups in total. The summed E-state index contributed by atoms with van der Waals surface area (Å²) in [6.45, 7) is 13.0. The zero-order chi connectivity index (χ0) is 12.7. The Labute approximate surface area is 108 Å². The normalized spacial score (nSPS) is 21.0. The van der Waals surface area contributed by atoms with Crippen molar-refractivity contribution >= 4 is 0 Å². The van der Waals surface area contributed by atoms with Crippen molar-refractivity contribution in [1.29, 1.82) is 0 Å². The van der Waals surface area contributed by atoms with Crippen LogP contribution in [0.1, 0.15) is 59.8 Å². The van der Waals surface area contributed by atoms with Gasteiger partial charge in [0.25, 0.3) is 0 Å². The molecule has 2 heteroatoms. The predicted molar refractivity (Wildman–Crippen MR) is 76.4 cm³/mol. The summed E-state index contributed by atoms with van der Waals surface area (Å²) >= 11 is 0. The van der Waals surface area contributed by atoms with Crippen LogP contribution in [0.3, 0.4) is 0 Å². The molecule has 0 amide bonds. The van der Waals surface area contributed by atoms with Crippen LogP contribution in [0.15, 0.2) is 0 Å². The van der Waals surface area contributed by atoms with Crippen molar-refractivity contribution in [3.8, 4) is 0 Å². The van der Waals surface area contributed by atoms with E-state index >= 15 is 0 Å². The fourth-order valence-corrected chi connectivity index (χ4v) is 2.79. The third-order valence-electron chi connectivity index (χ3n) is 4.11. The molecular weight excluding hydrogens is 208 g/mol. The highest BCUT2D eigenvalue weighted by molar-refractivity contribution is 4.78. The molecule has 0 saturated carbocycles. The van der Waals surface area contributed by atoms with Gasteiger partial charge in [-0.15, -0.1) is 0 Å². The SMILES string of the molecule is CCCC(C)CCNC1CCN(C(C)C)CC1. The lowest BCUT2D eigenvalue weighted by molar-refractivity contribution is 0.160. The van der Waals surface area contributed by atoms with Crippen molar-refractivity contribution in [2.75, 3.05) is 19.6 Å². The molecule has 1 heterocycles. The van der Waals surface area contributed by atoms with Crippen LogP contribution < -0.4 is 5.32 Å². The largest absolute Gasteiger partial charge is 0.314 e. The van der Waals surface area contributed by atoms with Crippen LogP contribution in [0.5, 0.6) is 0 Å². The Bertz CT molecular complexity index is 183. The minimum Gasteiger partial charge on any atom is -0.314 e. The minimum atomic E-state index is 0.723. The second-order valence-electron chi connectivity index (χ2n) is 6.04. The van der Waals surface area contributed by atoms with Gasteiger partial charge >= 0.3 is 0 Å². The fraction of sp³-hybridized carbons (Fsp3) is 1.00. The molecule has 17 heavy (non-hydrogen) atoms. The average molecular weight is 240 g/mol. The van der Waals surface area contributed by atoms with E-state index in [0.29, 0.717) is 0 Å². The van der Waals surface area contributed by atoms with E-state index in [-0.39, 0.29) is 0 Å². The maximum absolute atomic E-state index is 3.74. The highest BCUT2D eigenvalue weighted by Gasteiger charge is 2.20. The molecule has 102 valence electrons. The van der Waals surface area contributed by atoms with Crippen molar-refractivity contribution in [2.45, 2.75) is 71.9 Å². The molecule has 1 aliphatic heterocycles. The van der Waals surface area contributed by atoms with Crippen LogP contribution in [0.25, 0.3) is 0 Å². The molecule has 0 aliphatic carbocycles. The van der Waals surface area contributed by atoms with Gasteiger partial charge in [0.05, 0.1) is 0 Å². The first-order chi connectivity index (χ1) is 8.13. The van der Waals surface area contributed by atoms with Gasteiger partial charge in [-0.05, 0) is 58.7 Å². The van der Waals surface area contributed by atoms with E-state index in [1.807, 2.05) is 0 Å². The Morgan fingerprint density at radius 3 is 2.29 bits per heavy atom. The van der Waals surface area contributed by atoms with Crippen LogP contribution in [0, 0.1) is 5.92 Å². The second kappa shape index (κ2) is 8.10. The van der Waals surface area contributed by atoms with Crippen molar-refractivity contribution in [1.82, 2.24) is 10.2 Å². The summed E-state index contributed by atoms with van der Waals surface area (Å²) in [6, 6.07) is 1.50. The Hall–Kier alpha value is -0.0800. The van der Waals surface area contributed by atoms with Gasteiger partial charge in [0.2, 0.25) is 0 Å². The van der Waals surface area contributed by atoms with Crippen LogP contribution in [-0.2, 0) is 0 Å². The highest BCUT2D eigenvalue weighted by atomic mass is 15.2. The molecule has 0 aromatic heterocycles. The summed E-state index contributed by atoms with van der Waals surface area (Å²) in [6.07, 6.45) is 6.72. The molecular formula is C15H32N2. The van der Waals surface area contributed by atoms with E-state index in [1.165, 1.54) is 51.7 Å². The summed E-state index contributed by atoms with van der Waals surface area (Å²) in [4.78, 5) is 2.60. The number of rotatable bonds is 7. The molecule has 2 nitrogen and oxygen atoms in total. The topological polar surface area (TPSA) is 15.3 Å². The Morgan fingerprint density at radius 2 is 1.76 bits per heavy atom. The molecule has 0 radical (unpaired) electrons. The lowest BCUT2D eigenvalue weighted by Crippen LogP contribution is -2.45. The second-order valence-corrected chi connectivity index (χ2v) is 6.04. The number of nitrogens with zero attached hydrogens (tertiary/aromatic N) is 1. The molecule has 1 unspecified atom stereocenters. The first-order valence-corrected chi connectivity index (χ1v) is 7.61. The number of hydrogen-bond donors (Lipinski definition) is 1. The van der Waals surface area contributed by atoms with Gasteiger partial charge in [-0.25, -0.2) is 0 Å². The van der Waals surface area contributed by atoms with Crippen molar-refractivity contribution in [3.63, 3.8) is 0 Å². The van der Waals surface area contributed by atoms with Gasteiger partial charge in [0, 0.05) is 12.1 Å². The lowest BCUT2D eigenvalue weighted by atomic mass is 10.0. The van der Waals surface area contributed by atoms with Gasteiger partial charge in [-0.3, -0.25) is 0 Å². The smallest absolute Gasteiger partial charge is 0.00914 e. The molecule has 1 rings (SSSR count). The standard InChI is InChI=1S/C15H32N2/c1-5-6-14(4)7-10-16-15-8-11-17(12-9-15)13(2)3/h13-16H,5-12H2,1-4H3. The maximum Gasteiger partial charge on any atom is 0.00914 e. The quantitative estimate of drug-likeness (QED) is 0.735. The maximum atomic E-state index is 3.74. The first-order valence-electron chi connectivity index (χ1n) is 7.61. The van der Waals surface area contributed by atoms with Crippen LogP contribution in [0.2, 0.25) is 0 Å². The molecule has 1 fully saturated rings. The summed E-state index contributed by atoms with van der Waals surface area (Å²) in [5, 5.41) is 3.74. The minimum absolute atomic E-state index is 0.723. The lowest BCUT2D eigenvalue weighted by Gasteiger charge is -2.35. The Morgan fingerprint density at radius 1 is 1.12 bits per heavy atom. The number of likely N-dealkylation sites (tertiary alicyclic amines) is 1. The van der Waals surface area contributed by atoms with E-state index in [2.05, 4.69) is 37.9 Å². The van der Waals surface area contributed by atoms with Crippen molar-refractivity contribution in [2.24, 2.45) is 5.92 Å². The summed E-state index contributed by atoms with van der Waals surface area (Å²) in [7, 11) is 0. The Kier molecular flexibility index (Phi) is 7.14. The third kappa shape index (κ3) is 5.87. The van der Waals surface area contributed by atoms with Crippen LogP contribution in [0.4, 0.5) is 0 Å². The van der Waals surface area contributed by atoms with Gasteiger partial charge in [-0.1, -0.05) is 26.7 Å². The van der Waals surface area contributed by atoms with E-state index in [9.17, 15) is 0 Å². The van der Waals surface area contributed by atoms with Crippen molar-refractivity contribution in [3.05, 3.63) is 0 Å². The number of nitrogens with one attached hydrogen (secondary N) is 1. The Balaban J connectivity index is 2.06. The molecule has 0 bridgehead atoms. The molecule has 0 aromatic rings. The molecule has 1 saturated heterocycles. The summed E-state index contributed by atoms with van der Waals surface area (Å²) in [5.41, 5.74) is 0. The predicted octanol–water partition coefficient (Wildman–Crippen LogP) is 3.28. The number of piperidine rings is 1. The van der Waals surface area contributed by atoms with Gasteiger partial charge < -0.3 is 10.2 Å². The van der Waals surface area contributed by atoms with Crippen molar-refractivity contribution < 1.29 is 0 Å². The van der Waals surface area contributed by atoms with Gasteiger partial charge in [0.15, 0.2) is 0 Å². The van der Waals surface area contributed by atoms with E-state index in [4.69, 9.17) is 0 Å². The van der Waals surface area contributed by atoms with Crippen LogP contribution in [-0.4, -0.2) is 36.6 Å². The average Bonchev–Trinajstić information content (AvgIpc) is 2.30. The monoisotopic (exact) mass is 240 g/mol.